The predicted octanol–water partition coefficient (Wildman–Crippen LogP) is 3.39. The molecule has 0 aliphatic carbocycles. The summed E-state index contributed by atoms with van der Waals surface area (Å²) in [5, 5.41) is 0. The van der Waals surface area contributed by atoms with E-state index in [9.17, 15) is 4.79 Å². The number of hydrogen-bond donors (Lipinski definition) is 0. The van der Waals surface area contributed by atoms with Gasteiger partial charge in [-0.25, -0.2) is 0 Å². The van der Waals surface area contributed by atoms with Crippen LogP contribution >= 0.6 is 0 Å². The maximum atomic E-state index is 13.0. The van der Waals surface area contributed by atoms with Crippen LogP contribution in [0.5, 0.6) is 5.75 Å². The summed E-state index contributed by atoms with van der Waals surface area (Å²) in [5.41, 5.74) is 3.53. The molecule has 0 saturated heterocycles. The van der Waals surface area contributed by atoms with Gasteiger partial charge in [-0.2, -0.15) is 0 Å². The van der Waals surface area contributed by atoms with Crippen molar-refractivity contribution in [2.75, 3.05) is 39.2 Å². The number of carbonyl (C=O) groups is 1. The molecule has 1 heterocycles. The van der Waals surface area contributed by atoms with Crippen LogP contribution < -0.4 is 9.64 Å². The highest BCUT2D eigenvalue weighted by molar-refractivity contribution is 5.94. The Morgan fingerprint density at radius 1 is 1.15 bits per heavy atom. The lowest BCUT2D eigenvalue weighted by atomic mass is 9.91. The van der Waals surface area contributed by atoms with Gasteiger partial charge in [0.2, 0.25) is 5.91 Å². The molecule has 0 bridgehead atoms. The Bertz CT molecular complexity index is 740. The van der Waals surface area contributed by atoms with Gasteiger partial charge in [-0.05, 0) is 62.2 Å². The van der Waals surface area contributed by atoms with Gasteiger partial charge in [0, 0.05) is 25.2 Å². The van der Waals surface area contributed by atoms with Gasteiger partial charge in [0.1, 0.15) is 5.75 Å². The van der Waals surface area contributed by atoms with Crippen LogP contribution in [0.3, 0.4) is 0 Å². The second kappa shape index (κ2) is 8.37. The molecule has 2 aromatic rings. The number of methoxy groups -OCH3 is 1. The third-order valence-corrected chi connectivity index (χ3v) is 4.94. The SMILES string of the molecule is COc1ccc(CCC(=O)N2CC(CN(C)C)Cc3ccccc32)cc1. The number of ether oxygens (including phenoxy) is 1. The van der Waals surface area contributed by atoms with Crippen molar-refractivity contribution in [1.82, 2.24) is 4.90 Å². The van der Waals surface area contributed by atoms with Gasteiger partial charge >= 0.3 is 0 Å². The standard InChI is InChI=1S/C22H28N2O2/c1-23(2)15-18-14-19-6-4-5-7-21(19)24(16-18)22(25)13-10-17-8-11-20(26-3)12-9-17/h4-9,11-12,18H,10,13-16H2,1-3H3. The van der Waals surface area contributed by atoms with Gasteiger partial charge < -0.3 is 14.5 Å². The Balaban J connectivity index is 1.70. The molecule has 1 aliphatic heterocycles. The minimum absolute atomic E-state index is 0.205. The third-order valence-electron chi connectivity index (χ3n) is 4.94. The molecule has 26 heavy (non-hydrogen) atoms. The zero-order chi connectivity index (χ0) is 18.5. The summed E-state index contributed by atoms with van der Waals surface area (Å²) < 4.78 is 5.19. The highest BCUT2D eigenvalue weighted by Crippen LogP contribution is 2.30. The first-order chi connectivity index (χ1) is 12.6. The van der Waals surface area contributed by atoms with Gasteiger partial charge in [-0.3, -0.25) is 4.79 Å². The Hall–Kier alpha value is -2.33. The minimum Gasteiger partial charge on any atom is -0.497 e. The van der Waals surface area contributed by atoms with E-state index >= 15 is 0 Å². The lowest BCUT2D eigenvalue weighted by Crippen LogP contribution is -2.43. The molecule has 0 N–H and O–H groups in total. The summed E-state index contributed by atoms with van der Waals surface area (Å²) in [4.78, 5) is 17.2. The quantitative estimate of drug-likeness (QED) is 0.799. The van der Waals surface area contributed by atoms with E-state index in [1.54, 1.807) is 7.11 Å². The maximum Gasteiger partial charge on any atom is 0.227 e. The summed E-state index contributed by atoms with van der Waals surface area (Å²) >= 11 is 0. The Morgan fingerprint density at radius 2 is 1.88 bits per heavy atom. The lowest BCUT2D eigenvalue weighted by Gasteiger charge is -2.36. The summed E-state index contributed by atoms with van der Waals surface area (Å²) in [7, 11) is 5.85. The number of anilines is 1. The molecular formula is C22H28N2O2. The van der Waals surface area contributed by atoms with Crippen LogP contribution in [0.2, 0.25) is 0 Å². The maximum absolute atomic E-state index is 13.0. The Morgan fingerprint density at radius 3 is 2.58 bits per heavy atom. The molecule has 4 heteroatoms. The van der Waals surface area contributed by atoms with Crippen molar-refractivity contribution in [3.05, 3.63) is 59.7 Å². The molecule has 0 radical (unpaired) electrons. The first-order valence-electron chi connectivity index (χ1n) is 9.22. The first-order valence-corrected chi connectivity index (χ1v) is 9.22. The third kappa shape index (κ3) is 4.44. The fraction of sp³-hybridized carbons (Fsp3) is 0.409. The van der Waals surface area contributed by atoms with Crippen molar-refractivity contribution in [2.24, 2.45) is 5.92 Å². The van der Waals surface area contributed by atoms with Crippen LogP contribution in [0, 0.1) is 5.92 Å². The van der Waals surface area contributed by atoms with Crippen LogP contribution in [0.1, 0.15) is 17.5 Å². The van der Waals surface area contributed by atoms with Crippen molar-refractivity contribution in [3.8, 4) is 5.75 Å². The monoisotopic (exact) mass is 352 g/mol. The predicted molar refractivity (Wildman–Crippen MR) is 106 cm³/mol. The molecular weight excluding hydrogens is 324 g/mol. The van der Waals surface area contributed by atoms with Gasteiger partial charge in [0.25, 0.3) is 0 Å². The second-order valence-electron chi connectivity index (χ2n) is 7.31. The van der Waals surface area contributed by atoms with E-state index in [1.165, 1.54) is 5.56 Å². The molecule has 4 nitrogen and oxygen atoms in total. The summed E-state index contributed by atoms with van der Waals surface area (Å²) in [5.74, 6) is 1.53. The van der Waals surface area contributed by atoms with Crippen LogP contribution in [-0.4, -0.2) is 45.1 Å². The topological polar surface area (TPSA) is 32.8 Å². The van der Waals surface area contributed by atoms with E-state index in [0.717, 1.165) is 42.9 Å². The van der Waals surface area contributed by atoms with E-state index in [1.807, 2.05) is 35.2 Å². The average Bonchev–Trinajstić information content (AvgIpc) is 2.65. The van der Waals surface area contributed by atoms with E-state index in [0.29, 0.717) is 12.3 Å². The number of rotatable bonds is 6. The molecule has 1 unspecified atom stereocenters. The largest absolute Gasteiger partial charge is 0.497 e. The molecule has 1 amide bonds. The minimum atomic E-state index is 0.205. The molecule has 0 aromatic heterocycles. The van der Waals surface area contributed by atoms with Crippen LogP contribution in [0.15, 0.2) is 48.5 Å². The van der Waals surface area contributed by atoms with Crippen molar-refractivity contribution in [1.29, 1.82) is 0 Å². The zero-order valence-corrected chi connectivity index (χ0v) is 15.9. The van der Waals surface area contributed by atoms with Crippen LogP contribution in [-0.2, 0) is 17.6 Å². The molecule has 0 spiro atoms. The number of aryl methyl sites for hydroxylation is 1. The van der Waals surface area contributed by atoms with Gasteiger partial charge in [0.05, 0.1) is 7.11 Å². The van der Waals surface area contributed by atoms with Crippen molar-refractivity contribution < 1.29 is 9.53 Å². The number of para-hydroxylation sites is 1. The summed E-state index contributed by atoms with van der Waals surface area (Å²) in [6.45, 7) is 1.80. The zero-order valence-electron chi connectivity index (χ0n) is 15.9. The van der Waals surface area contributed by atoms with Gasteiger partial charge in [-0.1, -0.05) is 30.3 Å². The fourth-order valence-electron chi connectivity index (χ4n) is 3.73. The van der Waals surface area contributed by atoms with Crippen molar-refractivity contribution >= 4 is 11.6 Å². The molecule has 2 aromatic carbocycles. The second-order valence-corrected chi connectivity index (χ2v) is 7.31. The number of carbonyl (C=O) groups excluding carboxylic acids is 1. The highest BCUT2D eigenvalue weighted by Gasteiger charge is 2.28. The van der Waals surface area contributed by atoms with Gasteiger partial charge in [0.15, 0.2) is 0 Å². The lowest BCUT2D eigenvalue weighted by molar-refractivity contribution is -0.118. The summed E-state index contributed by atoms with van der Waals surface area (Å²) in [6.07, 6.45) is 2.31. The molecule has 0 fully saturated rings. The van der Waals surface area contributed by atoms with Crippen molar-refractivity contribution in [2.45, 2.75) is 19.3 Å². The normalized spacial score (nSPS) is 16.5. The van der Waals surface area contributed by atoms with E-state index in [-0.39, 0.29) is 5.91 Å². The highest BCUT2D eigenvalue weighted by atomic mass is 16.5. The van der Waals surface area contributed by atoms with E-state index in [4.69, 9.17) is 4.74 Å². The summed E-state index contributed by atoms with van der Waals surface area (Å²) in [6, 6.07) is 16.3. The number of benzene rings is 2. The molecule has 1 aliphatic rings. The molecule has 138 valence electrons. The molecule has 1 atom stereocenters. The average molecular weight is 352 g/mol. The van der Waals surface area contributed by atoms with Crippen molar-refractivity contribution in [3.63, 3.8) is 0 Å². The van der Waals surface area contributed by atoms with Crippen LogP contribution in [0.4, 0.5) is 5.69 Å². The number of hydrogen-bond acceptors (Lipinski definition) is 3. The van der Waals surface area contributed by atoms with E-state index < -0.39 is 0 Å². The Kier molecular flexibility index (Phi) is 5.94. The number of amides is 1. The Labute approximate surface area is 156 Å². The first kappa shape index (κ1) is 18.5. The smallest absolute Gasteiger partial charge is 0.227 e. The molecule has 0 saturated carbocycles. The molecule has 3 rings (SSSR count). The number of nitrogens with zero attached hydrogens (tertiary/aromatic N) is 2. The van der Waals surface area contributed by atoms with E-state index in [2.05, 4.69) is 37.2 Å². The van der Waals surface area contributed by atoms with Crippen LogP contribution in [0.25, 0.3) is 0 Å². The number of fused-ring (bicyclic) bond motifs is 1. The fourth-order valence-corrected chi connectivity index (χ4v) is 3.73. The van der Waals surface area contributed by atoms with Gasteiger partial charge in [-0.15, -0.1) is 0 Å².